The summed E-state index contributed by atoms with van der Waals surface area (Å²) in [4.78, 5) is 11.8. The van der Waals surface area contributed by atoms with Gasteiger partial charge >= 0.3 is 0 Å². The SMILES string of the molecule is CCCC(=O)Nc1c(C)nn(Cc2ccc(Cl)c(Cl)c2)c1C. The molecule has 1 aromatic carbocycles. The highest BCUT2D eigenvalue weighted by Crippen LogP contribution is 2.25. The molecule has 0 saturated carbocycles. The van der Waals surface area contributed by atoms with Crippen molar-refractivity contribution >= 4 is 34.8 Å². The molecule has 0 aliphatic rings. The zero-order valence-corrected chi connectivity index (χ0v) is 14.4. The summed E-state index contributed by atoms with van der Waals surface area (Å²) in [6.45, 7) is 6.39. The van der Waals surface area contributed by atoms with E-state index >= 15 is 0 Å². The van der Waals surface area contributed by atoms with Gasteiger partial charge in [-0.1, -0.05) is 36.2 Å². The number of hydrogen-bond acceptors (Lipinski definition) is 2. The Bertz CT molecular complexity index is 695. The lowest BCUT2D eigenvalue weighted by molar-refractivity contribution is -0.116. The molecule has 0 aliphatic carbocycles. The van der Waals surface area contributed by atoms with Gasteiger partial charge in [-0.2, -0.15) is 5.10 Å². The Balaban J connectivity index is 2.22. The Morgan fingerprint density at radius 2 is 2.00 bits per heavy atom. The van der Waals surface area contributed by atoms with Crippen molar-refractivity contribution < 1.29 is 4.79 Å². The molecule has 0 aliphatic heterocycles. The lowest BCUT2D eigenvalue weighted by Gasteiger charge is -2.07. The molecule has 2 rings (SSSR count). The fourth-order valence-corrected chi connectivity index (χ4v) is 2.59. The van der Waals surface area contributed by atoms with Crippen molar-refractivity contribution in [3.63, 3.8) is 0 Å². The Morgan fingerprint density at radius 1 is 1.27 bits per heavy atom. The van der Waals surface area contributed by atoms with Crippen LogP contribution in [0.1, 0.15) is 36.7 Å². The molecule has 0 spiro atoms. The predicted molar refractivity (Wildman–Crippen MR) is 90.8 cm³/mol. The van der Waals surface area contributed by atoms with Crippen LogP contribution in [0.5, 0.6) is 0 Å². The van der Waals surface area contributed by atoms with Crippen molar-refractivity contribution in [2.75, 3.05) is 5.32 Å². The number of nitrogens with one attached hydrogen (secondary N) is 1. The van der Waals surface area contributed by atoms with Crippen molar-refractivity contribution in [2.24, 2.45) is 0 Å². The number of benzene rings is 1. The average Bonchev–Trinajstić information content (AvgIpc) is 2.71. The maximum atomic E-state index is 11.8. The van der Waals surface area contributed by atoms with Crippen molar-refractivity contribution in [2.45, 2.75) is 40.2 Å². The molecule has 0 bridgehead atoms. The first-order chi connectivity index (χ1) is 10.4. The third-order valence-corrected chi connectivity index (χ3v) is 4.18. The molecule has 1 aromatic heterocycles. The lowest BCUT2D eigenvalue weighted by Crippen LogP contribution is -2.12. The summed E-state index contributed by atoms with van der Waals surface area (Å²) < 4.78 is 1.86. The largest absolute Gasteiger partial charge is 0.323 e. The second kappa shape index (κ2) is 7.16. The number of halogens is 2. The summed E-state index contributed by atoms with van der Waals surface area (Å²) in [5.74, 6) is 0.0165. The van der Waals surface area contributed by atoms with Crippen molar-refractivity contribution in [1.29, 1.82) is 0 Å². The zero-order chi connectivity index (χ0) is 16.3. The zero-order valence-electron chi connectivity index (χ0n) is 12.9. The Hall–Kier alpha value is -1.52. The van der Waals surface area contributed by atoms with E-state index in [1.807, 2.05) is 37.6 Å². The van der Waals surface area contributed by atoms with Gasteiger partial charge in [-0.3, -0.25) is 9.48 Å². The Morgan fingerprint density at radius 3 is 2.64 bits per heavy atom. The first kappa shape index (κ1) is 16.8. The molecule has 1 heterocycles. The lowest BCUT2D eigenvalue weighted by atomic mass is 10.2. The summed E-state index contributed by atoms with van der Waals surface area (Å²) >= 11 is 12.0. The van der Waals surface area contributed by atoms with E-state index in [0.717, 1.165) is 29.1 Å². The van der Waals surface area contributed by atoms with Gasteiger partial charge in [-0.15, -0.1) is 0 Å². The normalized spacial score (nSPS) is 10.8. The maximum absolute atomic E-state index is 11.8. The summed E-state index contributed by atoms with van der Waals surface area (Å²) in [5, 5.41) is 8.49. The monoisotopic (exact) mass is 339 g/mol. The summed E-state index contributed by atoms with van der Waals surface area (Å²) in [6.07, 6.45) is 1.33. The van der Waals surface area contributed by atoms with E-state index < -0.39 is 0 Å². The molecular formula is C16H19Cl2N3O. The highest BCUT2D eigenvalue weighted by Gasteiger charge is 2.14. The number of rotatable bonds is 5. The second-order valence-electron chi connectivity index (χ2n) is 5.25. The van der Waals surface area contributed by atoms with Gasteiger partial charge in [0.05, 0.1) is 33.7 Å². The molecule has 0 radical (unpaired) electrons. The van der Waals surface area contributed by atoms with Crippen molar-refractivity contribution in [3.05, 3.63) is 45.2 Å². The van der Waals surface area contributed by atoms with Crippen LogP contribution < -0.4 is 5.32 Å². The molecule has 0 saturated heterocycles. The standard InChI is InChI=1S/C16H19Cl2N3O/c1-4-5-15(22)19-16-10(2)20-21(11(16)3)9-12-6-7-13(17)14(18)8-12/h6-8H,4-5,9H2,1-3H3,(H,19,22). The number of amides is 1. The first-order valence-electron chi connectivity index (χ1n) is 7.20. The summed E-state index contributed by atoms with van der Waals surface area (Å²) in [5.41, 5.74) is 3.53. The van der Waals surface area contributed by atoms with Gasteiger partial charge < -0.3 is 5.32 Å². The van der Waals surface area contributed by atoms with E-state index in [1.54, 1.807) is 6.07 Å². The van der Waals surface area contributed by atoms with Crippen LogP contribution in [0, 0.1) is 13.8 Å². The maximum Gasteiger partial charge on any atom is 0.224 e. The van der Waals surface area contributed by atoms with Crippen LogP contribution in [0.3, 0.4) is 0 Å². The van der Waals surface area contributed by atoms with Crippen LogP contribution in [-0.2, 0) is 11.3 Å². The average molecular weight is 340 g/mol. The number of carbonyl (C=O) groups excluding carboxylic acids is 1. The van der Waals surface area contributed by atoms with Crippen LogP contribution in [0.25, 0.3) is 0 Å². The molecule has 1 amide bonds. The van der Waals surface area contributed by atoms with E-state index in [2.05, 4.69) is 10.4 Å². The number of anilines is 1. The van der Waals surface area contributed by atoms with E-state index in [0.29, 0.717) is 23.0 Å². The minimum absolute atomic E-state index is 0.0165. The molecule has 6 heteroatoms. The molecule has 0 atom stereocenters. The number of nitrogens with zero attached hydrogens (tertiary/aromatic N) is 2. The van der Waals surface area contributed by atoms with Crippen LogP contribution >= 0.6 is 23.2 Å². The molecule has 22 heavy (non-hydrogen) atoms. The fourth-order valence-electron chi connectivity index (χ4n) is 2.27. The summed E-state index contributed by atoms with van der Waals surface area (Å²) in [7, 11) is 0. The van der Waals surface area contributed by atoms with Gasteiger partial charge in [0.25, 0.3) is 0 Å². The Kier molecular flexibility index (Phi) is 5.48. The van der Waals surface area contributed by atoms with Crippen LogP contribution in [-0.4, -0.2) is 15.7 Å². The van der Waals surface area contributed by atoms with Crippen LogP contribution in [0.15, 0.2) is 18.2 Å². The summed E-state index contributed by atoms with van der Waals surface area (Å²) in [6, 6.07) is 5.52. The van der Waals surface area contributed by atoms with E-state index in [1.165, 1.54) is 0 Å². The van der Waals surface area contributed by atoms with Crippen molar-refractivity contribution in [3.8, 4) is 0 Å². The first-order valence-corrected chi connectivity index (χ1v) is 7.95. The molecule has 118 valence electrons. The van der Waals surface area contributed by atoms with E-state index in [4.69, 9.17) is 23.2 Å². The minimum Gasteiger partial charge on any atom is -0.323 e. The molecular weight excluding hydrogens is 321 g/mol. The van der Waals surface area contributed by atoms with Gasteiger partial charge in [0, 0.05) is 6.42 Å². The number of carbonyl (C=O) groups is 1. The van der Waals surface area contributed by atoms with E-state index in [9.17, 15) is 4.79 Å². The Labute approximate surface area is 140 Å². The number of aromatic nitrogens is 2. The van der Waals surface area contributed by atoms with Gasteiger partial charge in [0.15, 0.2) is 0 Å². The van der Waals surface area contributed by atoms with Crippen LogP contribution in [0.2, 0.25) is 10.0 Å². The third kappa shape index (κ3) is 3.81. The number of hydrogen-bond donors (Lipinski definition) is 1. The topological polar surface area (TPSA) is 46.9 Å². The second-order valence-corrected chi connectivity index (χ2v) is 6.06. The predicted octanol–water partition coefficient (Wildman–Crippen LogP) is 4.59. The molecule has 2 aromatic rings. The number of aryl methyl sites for hydroxylation is 1. The van der Waals surface area contributed by atoms with Gasteiger partial charge in [0.2, 0.25) is 5.91 Å². The molecule has 4 nitrogen and oxygen atoms in total. The quantitative estimate of drug-likeness (QED) is 0.865. The highest BCUT2D eigenvalue weighted by atomic mass is 35.5. The van der Waals surface area contributed by atoms with Gasteiger partial charge in [0.1, 0.15) is 0 Å². The molecule has 0 fully saturated rings. The molecule has 0 unspecified atom stereocenters. The van der Waals surface area contributed by atoms with Gasteiger partial charge in [-0.25, -0.2) is 0 Å². The third-order valence-electron chi connectivity index (χ3n) is 3.44. The van der Waals surface area contributed by atoms with Crippen LogP contribution in [0.4, 0.5) is 5.69 Å². The fraction of sp³-hybridized carbons (Fsp3) is 0.375. The van der Waals surface area contributed by atoms with Crippen molar-refractivity contribution in [1.82, 2.24) is 9.78 Å². The van der Waals surface area contributed by atoms with E-state index in [-0.39, 0.29) is 5.91 Å². The highest BCUT2D eigenvalue weighted by molar-refractivity contribution is 6.42. The minimum atomic E-state index is 0.0165. The van der Waals surface area contributed by atoms with Gasteiger partial charge in [-0.05, 0) is 38.0 Å². The smallest absolute Gasteiger partial charge is 0.224 e. The molecule has 1 N–H and O–H groups in total.